The first-order chi connectivity index (χ1) is 17.9. The van der Waals surface area contributed by atoms with Crippen LogP contribution in [0.2, 0.25) is 10.0 Å². The Hall–Kier alpha value is -2.65. The van der Waals surface area contributed by atoms with E-state index in [4.69, 9.17) is 37.4 Å². The second-order valence-electron chi connectivity index (χ2n) is 7.78. The molecule has 0 atom stereocenters. The molecule has 1 saturated heterocycles. The second kappa shape index (κ2) is 12.7. The predicted molar refractivity (Wildman–Crippen MR) is 151 cm³/mol. The molecule has 3 aromatic carbocycles. The third kappa shape index (κ3) is 7.02. The number of hydrogen-bond donors (Lipinski definition) is 0. The highest BCUT2D eigenvalue weighted by molar-refractivity contribution is 9.10. The van der Waals surface area contributed by atoms with Gasteiger partial charge in [0.05, 0.1) is 22.5 Å². The Morgan fingerprint density at radius 3 is 2.49 bits per heavy atom. The van der Waals surface area contributed by atoms with Crippen molar-refractivity contribution in [3.05, 3.63) is 91.2 Å². The van der Waals surface area contributed by atoms with E-state index in [1.54, 1.807) is 42.5 Å². The van der Waals surface area contributed by atoms with Crippen LogP contribution in [-0.2, 0) is 11.4 Å². The number of carbonyl (C=O) groups excluding carboxylic acids is 2. The van der Waals surface area contributed by atoms with Crippen LogP contribution in [0, 0.1) is 0 Å². The monoisotopic (exact) mass is 621 g/mol. The molecule has 0 N–H and O–H groups in total. The zero-order valence-corrected chi connectivity index (χ0v) is 23.6. The van der Waals surface area contributed by atoms with Crippen LogP contribution in [0.25, 0.3) is 6.08 Å². The van der Waals surface area contributed by atoms with E-state index >= 15 is 0 Å². The number of ether oxygens (including phenoxy) is 3. The van der Waals surface area contributed by atoms with Crippen molar-refractivity contribution in [1.82, 2.24) is 4.90 Å². The third-order valence-corrected chi connectivity index (χ3v) is 7.35. The fourth-order valence-corrected chi connectivity index (χ4v) is 5.22. The van der Waals surface area contributed by atoms with Crippen molar-refractivity contribution in [2.24, 2.45) is 0 Å². The van der Waals surface area contributed by atoms with Gasteiger partial charge in [0.25, 0.3) is 11.1 Å². The van der Waals surface area contributed by atoms with Gasteiger partial charge in [-0.1, -0.05) is 41.4 Å². The average molecular weight is 623 g/mol. The summed E-state index contributed by atoms with van der Waals surface area (Å²) in [6.07, 6.45) is 1.66. The van der Waals surface area contributed by atoms with Crippen LogP contribution < -0.4 is 14.2 Å². The summed E-state index contributed by atoms with van der Waals surface area (Å²) < 4.78 is 18.1. The highest BCUT2D eigenvalue weighted by Crippen LogP contribution is 2.40. The van der Waals surface area contributed by atoms with Crippen molar-refractivity contribution >= 4 is 68.1 Å². The Morgan fingerprint density at radius 2 is 1.76 bits per heavy atom. The molecule has 3 aromatic rings. The average Bonchev–Trinajstić information content (AvgIpc) is 3.13. The van der Waals surface area contributed by atoms with Gasteiger partial charge in [-0.2, -0.15) is 0 Å². The number of amides is 2. The molecule has 0 spiro atoms. The van der Waals surface area contributed by atoms with Gasteiger partial charge in [-0.25, -0.2) is 0 Å². The number of hydrogen-bond acceptors (Lipinski definition) is 6. The summed E-state index contributed by atoms with van der Waals surface area (Å²) in [5.41, 5.74) is 1.53. The highest BCUT2D eigenvalue weighted by atomic mass is 79.9. The lowest BCUT2D eigenvalue weighted by atomic mass is 10.1. The quantitative estimate of drug-likeness (QED) is 0.215. The molecular formula is C27H22BrCl2NO5S. The first-order valence-electron chi connectivity index (χ1n) is 11.3. The van der Waals surface area contributed by atoms with Crippen molar-refractivity contribution in [2.75, 3.05) is 19.8 Å². The van der Waals surface area contributed by atoms with Gasteiger partial charge < -0.3 is 14.2 Å². The smallest absolute Gasteiger partial charge is 0.293 e. The van der Waals surface area contributed by atoms with Crippen LogP contribution in [0.1, 0.15) is 18.1 Å². The minimum absolute atomic E-state index is 0.132. The summed E-state index contributed by atoms with van der Waals surface area (Å²) in [6, 6.07) is 17.9. The standard InChI is InChI=1S/C27H22BrCl2NO5S/c1-2-34-23-14-17(13-21(28)25(23)36-16-18-5-3-4-6-22(18)30)15-24-26(32)31(27(33)37-24)11-12-35-20-9-7-19(29)8-10-20/h3-10,13-15H,2,11-12,16H2,1H3/b24-15-. The molecule has 192 valence electrons. The van der Waals surface area contributed by atoms with Crippen molar-refractivity contribution in [3.8, 4) is 17.2 Å². The Labute approximate surface area is 237 Å². The molecule has 4 rings (SSSR count). The summed E-state index contributed by atoms with van der Waals surface area (Å²) >= 11 is 16.6. The van der Waals surface area contributed by atoms with Crippen molar-refractivity contribution < 1.29 is 23.8 Å². The Kier molecular flexibility index (Phi) is 9.43. The Bertz CT molecular complexity index is 1330. The van der Waals surface area contributed by atoms with Gasteiger partial charge in [-0.3, -0.25) is 14.5 Å². The van der Waals surface area contributed by atoms with E-state index in [0.717, 1.165) is 17.3 Å². The molecule has 0 bridgehead atoms. The lowest BCUT2D eigenvalue weighted by molar-refractivity contribution is -0.123. The predicted octanol–water partition coefficient (Wildman–Crippen LogP) is 7.85. The molecule has 0 saturated carbocycles. The van der Waals surface area contributed by atoms with Gasteiger partial charge in [0.15, 0.2) is 11.5 Å². The van der Waals surface area contributed by atoms with Crippen molar-refractivity contribution in [3.63, 3.8) is 0 Å². The number of rotatable bonds is 10. The van der Waals surface area contributed by atoms with Gasteiger partial charge in [0, 0.05) is 15.6 Å². The van der Waals surface area contributed by atoms with E-state index in [1.165, 1.54) is 4.90 Å². The molecule has 6 nitrogen and oxygen atoms in total. The molecule has 0 aliphatic carbocycles. The largest absolute Gasteiger partial charge is 0.492 e. The zero-order valence-electron chi connectivity index (χ0n) is 19.7. The summed E-state index contributed by atoms with van der Waals surface area (Å²) in [7, 11) is 0. The molecular weight excluding hydrogens is 601 g/mol. The third-order valence-electron chi connectivity index (χ3n) is 5.23. The topological polar surface area (TPSA) is 65.1 Å². The van der Waals surface area contributed by atoms with Crippen LogP contribution in [0.4, 0.5) is 4.79 Å². The number of benzene rings is 3. The van der Waals surface area contributed by atoms with E-state index in [1.807, 2.05) is 31.2 Å². The van der Waals surface area contributed by atoms with Crippen molar-refractivity contribution in [2.45, 2.75) is 13.5 Å². The van der Waals surface area contributed by atoms with E-state index in [9.17, 15) is 9.59 Å². The number of nitrogens with zero attached hydrogens (tertiary/aromatic N) is 1. The summed E-state index contributed by atoms with van der Waals surface area (Å²) in [5, 5.41) is 0.866. The van der Waals surface area contributed by atoms with Crippen molar-refractivity contribution in [1.29, 1.82) is 0 Å². The fourth-order valence-electron chi connectivity index (χ4n) is 3.47. The lowest BCUT2D eigenvalue weighted by Crippen LogP contribution is -2.32. The molecule has 1 fully saturated rings. The molecule has 1 heterocycles. The number of thioether (sulfide) groups is 1. The zero-order chi connectivity index (χ0) is 26.4. The van der Waals surface area contributed by atoms with Crippen LogP contribution in [0.3, 0.4) is 0 Å². The fraction of sp³-hybridized carbons (Fsp3) is 0.185. The van der Waals surface area contributed by atoms with Crippen LogP contribution >= 0.6 is 50.9 Å². The second-order valence-corrected chi connectivity index (χ2v) is 10.5. The van der Waals surface area contributed by atoms with Crippen LogP contribution in [-0.4, -0.2) is 35.8 Å². The van der Waals surface area contributed by atoms with Gasteiger partial charge >= 0.3 is 0 Å². The molecule has 1 aliphatic rings. The van der Waals surface area contributed by atoms with E-state index in [-0.39, 0.29) is 30.9 Å². The first kappa shape index (κ1) is 27.4. The Balaban J connectivity index is 1.46. The van der Waals surface area contributed by atoms with Gasteiger partial charge in [0.2, 0.25) is 0 Å². The molecule has 10 heteroatoms. The highest BCUT2D eigenvalue weighted by Gasteiger charge is 2.35. The molecule has 2 amide bonds. The maximum absolute atomic E-state index is 12.9. The van der Waals surface area contributed by atoms with Gasteiger partial charge in [-0.15, -0.1) is 0 Å². The molecule has 0 unspecified atom stereocenters. The molecule has 0 radical (unpaired) electrons. The first-order valence-corrected chi connectivity index (χ1v) is 13.7. The molecule has 0 aromatic heterocycles. The Morgan fingerprint density at radius 1 is 1.00 bits per heavy atom. The molecule has 37 heavy (non-hydrogen) atoms. The lowest BCUT2D eigenvalue weighted by Gasteiger charge is -2.15. The van der Waals surface area contributed by atoms with E-state index in [2.05, 4.69) is 15.9 Å². The minimum Gasteiger partial charge on any atom is -0.492 e. The van der Waals surface area contributed by atoms with Gasteiger partial charge in [-0.05, 0) is 88.7 Å². The maximum atomic E-state index is 12.9. The SMILES string of the molecule is CCOc1cc(/C=C2\SC(=O)N(CCOc3ccc(Cl)cc3)C2=O)cc(Br)c1OCc1ccccc1Cl. The van der Waals surface area contributed by atoms with E-state index in [0.29, 0.717) is 48.8 Å². The maximum Gasteiger partial charge on any atom is 0.293 e. The minimum atomic E-state index is -0.372. The summed E-state index contributed by atoms with van der Waals surface area (Å²) in [6.45, 7) is 2.85. The normalized spacial score (nSPS) is 14.4. The summed E-state index contributed by atoms with van der Waals surface area (Å²) in [5.74, 6) is 1.26. The van der Waals surface area contributed by atoms with Gasteiger partial charge in [0.1, 0.15) is 19.0 Å². The summed E-state index contributed by atoms with van der Waals surface area (Å²) in [4.78, 5) is 26.9. The van der Waals surface area contributed by atoms with Crippen LogP contribution in [0.15, 0.2) is 70.0 Å². The number of carbonyl (C=O) groups is 2. The van der Waals surface area contributed by atoms with Crippen LogP contribution in [0.5, 0.6) is 17.2 Å². The number of halogens is 3. The molecule has 1 aliphatic heterocycles. The number of imide groups is 1. The van der Waals surface area contributed by atoms with E-state index < -0.39 is 0 Å².